The molecule has 3 rings (SSSR count). The summed E-state index contributed by atoms with van der Waals surface area (Å²) in [6, 6.07) is 14.8. The number of Topliss-reactive ketones (excluding diaryl/α,β-unsaturated/α-hetero) is 1. The number of methoxy groups -OCH3 is 2. The molecule has 2 aromatic carbocycles. The van der Waals surface area contributed by atoms with E-state index in [1.165, 1.54) is 0 Å². The van der Waals surface area contributed by atoms with Gasteiger partial charge in [-0.1, -0.05) is 29.8 Å². The van der Waals surface area contributed by atoms with Gasteiger partial charge in [-0.05, 0) is 43.7 Å². The number of amides is 1. The van der Waals surface area contributed by atoms with Crippen LogP contribution in [0.1, 0.15) is 24.1 Å². The van der Waals surface area contributed by atoms with E-state index in [4.69, 9.17) is 9.47 Å². The fourth-order valence-electron chi connectivity index (χ4n) is 3.49. The number of hydrogen-bond donors (Lipinski definition) is 1. The second kappa shape index (κ2) is 8.92. The molecule has 0 spiro atoms. The Kier molecular flexibility index (Phi) is 6.34. The summed E-state index contributed by atoms with van der Waals surface area (Å²) in [6.07, 6.45) is 0. The Bertz CT molecular complexity index is 917. The SMILES string of the molecule is COCCN1C(=O)C(=O)/C(=C(\C)Nc2ccc(C)cc2)[C@@H]1c1ccc(OC)cc1. The Labute approximate surface area is 171 Å². The summed E-state index contributed by atoms with van der Waals surface area (Å²) in [7, 11) is 3.18. The van der Waals surface area contributed by atoms with Crippen molar-refractivity contribution in [3.8, 4) is 5.75 Å². The first-order valence-corrected chi connectivity index (χ1v) is 9.49. The van der Waals surface area contributed by atoms with Gasteiger partial charge in [0.25, 0.3) is 11.7 Å². The van der Waals surface area contributed by atoms with Gasteiger partial charge in [0, 0.05) is 25.0 Å². The summed E-state index contributed by atoms with van der Waals surface area (Å²) < 4.78 is 10.4. The molecule has 0 unspecified atom stereocenters. The number of likely N-dealkylation sites (tertiary alicyclic amines) is 1. The molecular formula is C23H26N2O4. The predicted octanol–water partition coefficient (Wildman–Crippen LogP) is 3.49. The van der Waals surface area contributed by atoms with Crippen molar-refractivity contribution in [1.29, 1.82) is 0 Å². The van der Waals surface area contributed by atoms with Crippen molar-refractivity contribution < 1.29 is 19.1 Å². The van der Waals surface area contributed by atoms with E-state index in [-0.39, 0.29) is 0 Å². The lowest BCUT2D eigenvalue weighted by molar-refractivity contribution is -0.140. The number of ketones is 1. The standard InChI is InChI=1S/C23H26N2O4/c1-15-5-9-18(10-6-15)24-16(2)20-21(17-7-11-19(29-4)12-8-17)25(13-14-28-3)23(27)22(20)26/h5-12,21,24H,13-14H2,1-4H3/b20-16+/t21-/m0/s1. The lowest BCUT2D eigenvalue weighted by Crippen LogP contribution is -2.32. The first-order valence-electron chi connectivity index (χ1n) is 9.49. The van der Waals surface area contributed by atoms with E-state index >= 15 is 0 Å². The van der Waals surface area contributed by atoms with Crippen LogP contribution in [-0.4, -0.2) is 44.0 Å². The first-order chi connectivity index (χ1) is 14.0. The van der Waals surface area contributed by atoms with Gasteiger partial charge in [-0.25, -0.2) is 0 Å². The second-order valence-corrected chi connectivity index (χ2v) is 7.03. The smallest absolute Gasteiger partial charge is 0.295 e. The van der Waals surface area contributed by atoms with Crippen LogP contribution in [0.15, 0.2) is 59.8 Å². The van der Waals surface area contributed by atoms with Crippen LogP contribution in [0.3, 0.4) is 0 Å². The quantitative estimate of drug-likeness (QED) is 0.575. The number of benzene rings is 2. The third-order valence-electron chi connectivity index (χ3n) is 5.04. The lowest BCUT2D eigenvalue weighted by atomic mass is 9.97. The van der Waals surface area contributed by atoms with E-state index in [0.717, 1.165) is 16.8 Å². The van der Waals surface area contributed by atoms with E-state index in [2.05, 4.69) is 5.32 Å². The molecule has 1 aliphatic rings. The van der Waals surface area contributed by atoms with Gasteiger partial charge in [-0.15, -0.1) is 0 Å². The highest BCUT2D eigenvalue weighted by Crippen LogP contribution is 2.38. The van der Waals surface area contributed by atoms with E-state index in [1.54, 1.807) is 19.1 Å². The Hall–Kier alpha value is -3.12. The maximum Gasteiger partial charge on any atom is 0.295 e. The Morgan fingerprint density at radius 3 is 2.28 bits per heavy atom. The van der Waals surface area contributed by atoms with Gasteiger partial charge < -0.3 is 19.7 Å². The zero-order chi connectivity index (χ0) is 21.0. The van der Waals surface area contributed by atoms with Crippen LogP contribution in [0, 0.1) is 6.92 Å². The van der Waals surface area contributed by atoms with Crippen molar-refractivity contribution in [2.45, 2.75) is 19.9 Å². The van der Waals surface area contributed by atoms with Gasteiger partial charge in [0.05, 0.1) is 25.3 Å². The van der Waals surface area contributed by atoms with Crippen molar-refractivity contribution in [2.75, 3.05) is 32.7 Å². The van der Waals surface area contributed by atoms with Crippen molar-refractivity contribution in [3.05, 3.63) is 70.9 Å². The highest BCUT2D eigenvalue weighted by atomic mass is 16.5. The second-order valence-electron chi connectivity index (χ2n) is 7.03. The van der Waals surface area contributed by atoms with Crippen molar-refractivity contribution in [1.82, 2.24) is 4.90 Å². The minimum absolute atomic E-state index is 0.332. The Balaban J connectivity index is 2.03. The molecular weight excluding hydrogens is 368 g/mol. The lowest BCUT2D eigenvalue weighted by Gasteiger charge is -2.25. The molecule has 29 heavy (non-hydrogen) atoms. The topological polar surface area (TPSA) is 67.9 Å². The molecule has 6 nitrogen and oxygen atoms in total. The van der Waals surface area contributed by atoms with E-state index < -0.39 is 17.7 Å². The summed E-state index contributed by atoms with van der Waals surface area (Å²) in [5.74, 6) is -0.283. The summed E-state index contributed by atoms with van der Waals surface area (Å²) in [6.45, 7) is 4.53. The normalized spacial score (nSPS) is 18.2. The third-order valence-corrected chi connectivity index (χ3v) is 5.04. The van der Waals surface area contributed by atoms with Gasteiger partial charge in [-0.2, -0.15) is 0 Å². The van der Waals surface area contributed by atoms with Crippen LogP contribution in [0.2, 0.25) is 0 Å². The van der Waals surface area contributed by atoms with Gasteiger partial charge in [0.2, 0.25) is 0 Å². The van der Waals surface area contributed by atoms with Crippen LogP contribution in [0.25, 0.3) is 0 Å². The molecule has 1 atom stereocenters. The number of aryl methyl sites for hydroxylation is 1. The molecule has 152 valence electrons. The molecule has 0 aliphatic carbocycles. The van der Waals surface area contributed by atoms with Crippen molar-refractivity contribution >= 4 is 17.4 Å². The summed E-state index contributed by atoms with van der Waals surface area (Å²) in [5.41, 5.74) is 3.98. The molecule has 1 amide bonds. The molecule has 2 aromatic rings. The maximum atomic E-state index is 12.9. The Morgan fingerprint density at radius 1 is 1.03 bits per heavy atom. The first kappa shape index (κ1) is 20.6. The molecule has 0 aromatic heterocycles. The van der Waals surface area contributed by atoms with Crippen molar-refractivity contribution in [3.63, 3.8) is 0 Å². The van der Waals surface area contributed by atoms with E-state index in [9.17, 15) is 9.59 Å². The average Bonchev–Trinajstić information content (AvgIpc) is 2.98. The molecule has 0 radical (unpaired) electrons. The van der Waals surface area contributed by atoms with Crippen LogP contribution in [-0.2, 0) is 14.3 Å². The number of nitrogens with zero attached hydrogens (tertiary/aromatic N) is 1. The predicted molar refractivity (Wildman–Crippen MR) is 112 cm³/mol. The number of carbonyl (C=O) groups excluding carboxylic acids is 2. The highest BCUT2D eigenvalue weighted by molar-refractivity contribution is 6.45. The molecule has 1 heterocycles. The van der Waals surface area contributed by atoms with Gasteiger partial charge >= 0.3 is 0 Å². The monoisotopic (exact) mass is 394 g/mol. The van der Waals surface area contributed by atoms with Crippen LogP contribution in [0.4, 0.5) is 5.69 Å². The zero-order valence-corrected chi connectivity index (χ0v) is 17.2. The van der Waals surface area contributed by atoms with E-state index in [1.807, 2.05) is 62.4 Å². The summed E-state index contributed by atoms with van der Waals surface area (Å²) in [4.78, 5) is 27.3. The molecule has 0 saturated carbocycles. The zero-order valence-electron chi connectivity index (χ0n) is 17.2. The maximum absolute atomic E-state index is 12.9. The Morgan fingerprint density at radius 2 is 1.69 bits per heavy atom. The number of hydrogen-bond acceptors (Lipinski definition) is 5. The fourth-order valence-corrected chi connectivity index (χ4v) is 3.49. The average molecular weight is 394 g/mol. The number of rotatable bonds is 7. The number of allylic oxidation sites excluding steroid dienone is 1. The number of anilines is 1. The van der Waals surface area contributed by atoms with Crippen LogP contribution in [0.5, 0.6) is 5.75 Å². The molecule has 1 aliphatic heterocycles. The van der Waals surface area contributed by atoms with Crippen LogP contribution >= 0.6 is 0 Å². The van der Waals surface area contributed by atoms with Gasteiger partial charge in [0.1, 0.15) is 5.75 Å². The molecule has 0 bridgehead atoms. The summed E-state index contributed by atoms with van der Waals surface area (Å²) in [5, 5.41) is 3.28. The molecule has 6 heteroatoms. The van der Waals surface area contributed by atoms with Crippen LogP contribution < -0.4 is 10.1 Å². The number of carbonyl (C=O) groups is 2. The molecule has 1 N–H and O–H groups in total. The highest BCUT2D eigenvalue weighted by Gasteiger charge is 2.44. The minimum Gasteiger partial charge on any atom is -0.497 e. The molecule has 1 fully saturated rings. The number of nitrogens with one attached hydrogen (secondary N) is 1. The minimum atomic E-state index is -0.511. The van der Waals surface area contributed by atoms with Gasteiger partial charge in [0.15, 0.2) is 0 Å². The van der Waals surface area contributed by atoms with Crippen molar-refractivity contribution in [2.24, 2.45) is 0 Å². The number of ether oxygens (including phenoxy) is 2. The van der Waals surface area contributed by atoms with E-state index in [0.29, 0.717) is 30.2 Å². The largest absolute Gasteiger partial charge is 0.497 e. The van der Waals surface area contributed by atoms with Gasteiger partial charge in [-0.3, -0.25) is 9.59 Å². The third kappa shape index (κ3) is 4.32. The summed E-state index contributed by atoms with van der Waals surface area (Å²) >= 11 is 0. The molecule has 1 saturated heterocycles. The fraction of sp³-hybridized carbons (Fsp3) is 0.304.